The highest BCUT2D eigenvalue weighted by molar-refractivity contribution is 5.88. The fourth-order valence-corrected chi connectivity index (χ4v) is 2.96. The van der Waals surface area contributed by atoms with E-state index in [9.17, 15) is 4.79 Å². The van der Waals surface area contributed by atoms with Crippen LogP contribution in [0.5, 0.6) is 0 Å². The maximum absolute atomic E-state index is 10.9. The molecule has 4 heteroatoms. The molecule has 1 aromatic carbocycles. The Balaban J connectivity index is 1.89. The largest absolute Gasteiger partial charge is 0.478 e. The lowest BCUT2D eigenvalue weighted by Crippen LogP contribution is -2.43. The third-order valence-corrected chi connectivity index (χ3v) is 4.45. The van der Waals surface area contributed by atoms with Crippen LogP contribution in [-0.2, 0) is 0 Å². The Kier molecular flexibility index (Phi) is 5.62. The first-order chi connectivity index (χ1) is 10.1. The minimum atomic E-state index is -0.867. The number of hydrogen-bond donors (Lipinski definition) is 1. The Hall–Kier alpha value is -1.55. The van der Waals surface area contributed by atoms with Gasteiger partial charge in [-0.25, -0.2) is 4.79 Å². The zero-order valence-corrected chi connectivity index (χ0v) is 13.1. The number of nitrogens with zero attached hydrogens (tertiary/aromatic N) is 2. The molecule has 4 nitrogen and oxygen atoms in total. The summed E-state index contributed by atoms with van der Waals surface area (Å²) in [5.74, 6) is -0.867. The van der Waals surface area contributed by atoms with Crippen molar-refractivity contribution in [3.63, 3.8) is 0 Å². The van der Waals surface area contributed by atoms with Crippen LogP contribution in [0, 0.1) is 0 Å². The van der Waals surface area contributed by atoms with Crippen LogP contribution in [0.3, 0.4) is 0 Å². The zero-order chi connectivity index (χ0) is 15.2. The number of rotatable bonds is 6. The van der Waals surface area contributed by atoms with Gasteiger partial charge in [0.25, 0.3) is 0 Å². The topological polar surface area (TPSA) is 43.8 Å². The lowest BCUT2D eigenvalue weighted by molar-refractivity contribution is 0.0697. The molecule has 0 saturated carbocycles. The summed E-state index contributed by atoms with van der Waals surface area (Å²) in [5, 5.41) is 8.94. The number of piperidine rings is 1. The molecule has 0 amide bonds. The van der Waals surface area contributed by atoms with Gasteiger partial charge in [0, 0.05) is 31.9 Å². The van der Waals surface area contributed by atoms with E-state index in [-0.39, 0.29) is 0 Å². The van der Waals surface area contributed by atoms with E-state index in [1.165, 1.54) is 45.3 Å². The van der Waals surface area contributed by atoms with E-state index in [1.807, 2.05) is 12.1 Å². The standard InChI is InChI=1S/C17H26N2O2/c1-3-4-11-19-12-9-16(10-13-19)18(2)15-7-5-14(6-8-15)17(20)21/h5-8,16H,3-4,9-13H2,1-2H3,(H,20,21). The van der Waals surface area contributed by atoms with Gasteiger partial charge in [0.15, 0.2) is 0 Å². The molecule has 0 spiro atoms. The van der Waals surface area contributed by atoms with Gasteiger partial charge < -0.3 is 14.9 Å². The molecular weight excluding hydrogens is 264 g/mol. The van der Waals surface area contributed by atoms with Crippen LogP contribution < -0.4 is 4.90 Å². The second-order valence-electron chi connectivity index (χ2n) is 5.89. The van der Waals surface area contributed by atoms with Gasteiger partial charge in [-0.3, -0.25) is 0 Å². The molecule has 1 heterocycles. The predicted molar refractivity (Wildman–Crippen MR) is 86.2 cm³/mol. The molecule has 116 valence electrons. The van der Waals surface area contributed by atoms with Crippen LogP contribution in [0.2, 0.25) is 0 Å². The summed E-state index contributed by atoms with van der Waals surface area (Å²) in [5.41, 5.74) is 1.45. The fourth-order valence-electron chi connectivity index (χ4n) is 2.96. The summed E-state index contributed by atoms with van der Waals surface area (Å²) in [6.07, 6.45) is 4.91. The van der Waals surface area contributed by atoms with E-state index in [0.717, 1.165) is 5.69 Å². The second-order valence-corrected chi connectivity index (χ2v) is 5.89. The molecule has 0 radical (unpaired) electrons. The molecule has 1 aliphatic heterocycles. The summed E-state index contributed by atoms with van der Waals surface area (Å²) in [4.78, 5) is 15.7. The number of carbonyl (C=O) groups is 1. The van der Waals surface area contributed by atoms with Gasteiger partial charge in [-0.15, -0.1) is 0 Å². The van der Waals surface area contributed by atoms with E-state index in [0.29, 0.717) is 11.6 Å². The molecule has 0 bridgehead atoms. The fraction of sp³-hybridized carbons (Fsp3) is 0.588. The van der Waals surface area contributed by atoms with Gasteiger partial charge in [0.1, 0.15) is 0 Å². The smallest absolute Gasteiger partial charge is 0.335 e. The summed E-state index contributed by atoms with van der Waals surface area (Å²) in [6, 6.07) is 7.74. The lowest BCUT2D eigenvalue weighted by Gasteiger charge is -2.37. The minimum absolute atomic E-state index is 0.349. The Bertz CT molecular complexity index is 450. The van der Waals surface area contributed by atoms with Gasteiger partial charge in [-0.1, -0.05) is 13.3 Å². The normalized spacial score (nSPS) is 16.9. The molecule has 2 rings (SSSR count). The first-order valence-electron chi connectivity index (χ1n) is 7.90. The molecule has 1 saturated heterocycles. The number of hydrogen-bond acceptors (Lipinski definition) is 3. The molecule has 1 N–H and O–H groups in total. The molecule has 0 unspecified atom stereocenters. The van der Waals surface area contributed by atoms with Crippen LogP contribution in [0.1, 0.15) is 43.0 Å². The van der Waals surface area contributed by atoms with Gasteiger partial charge >= 0.3 is 5.97 Å². The van der Waals surface area contributed by atoms with Crippen LogP contribution in [0.4, 0.5) is 5.69 Å². The maximum atomic E-state index is 10.9. The molecule has 21 heavy (non-hydrogen) atoms. The van der Waals surface area contributed by atoms with Crippen molar-refractivity contribution in [2.45, 2.75) is 38.6 Å². The number of aromatic carboxylic acids is 1. The highest BCUT2D eigenvalue weighted by atomic mass is 16.4. The average molecular weight is 290 g/mol. The number of anilines is 1. The van der Waals surface area contributed by atoms with E-state index < -0.39 is 5.97 Å². The first-order valence-corrected chi connectivity index (χ1v) is 7.90. The minimum Gasteiger partial charge on any atom is -0.478 e. The molecule has 0 atom stereocenters. The number of likely N-dealkylation sites (tertiary alicyclic amines) is 1. The van der Waals surface area contributed by atoms with Gasteiger partial charge in [0.2, 0.25) is 0 Å². The van der Waals surface area contributed by atoms with Crippen molar-refractivity contribution < 1.29 is 9.90 Å². The lowest BCUT2D eigenvalue weighted by atomic mass is 10.0. The van der Waals surface area contributed by atoms with Crippen molar-refractivity contribution in [2.24, 2.45) is 0 Å². The Morgan fingerprint density at radius 1 is 1.29 bits per heavy atom. The van der Waals surface area contributed by atoms with Crippen molar-refractivity contribution in [3.05, 3.63) is 29.8 Å². The quantitative estimate of drug-likeness (QED) is 0.874. The molecule has 1 fully saturated rings. The van der Waals surface area contributed by atoms with Gasteiger partial charge in [-0.2, -0.15) is 0 Å². The highest BCUT2D eigenvalue weighted by Crippen LogP contribution is 2.22. The predicted octanol–water partition coefficient (Wildman–Crippen LogP) is 3.09. The third-order valence-electron chi connectivity index (χ3n) is 4.45. The second kappa shape index (κ2) is 7.46. The molecule has 1 aromatic rings. The molecular formula is C17H26N2O2. The number of carboxylic acids is 1. The Morgan fingerprint density at radius 3 is 2.43 bits per heavy atom. The molecule has 0 aliphatic carbocycles. The van der Waals surface area contributed by atoms with E-state index in [4.69, 9.17) is 5.11 Å². The number of benzene rings is 1. The third kappa shape index (κ3) is 4.21. The maximum Gasteiger partial charge on any atom is 0.335 e. The van der Waals surface area contributed by atoms with Crippen molar-refractivity contribution >= 4 is 11.7 Å². The van der Waals surface area contributed by atoms with Gasteiger partial charge in [-0.05, 0) is 50.1 Å². The van der Waals surface area contributed by atoms with Crippen LogP contribution in [-0.4, -0.2) is 48.7 Å². The first kappa shape index (κ1) is 15.8. The van der Waals surface area contributed by atoms with Crippen LogP contribution in [0.25, 0.3) is 0 Å². The molecule has 0 aromatic heterocycles. The van der Waals surface area contributed by atoms with Crippen LogP contribution in [0.15, 0.2) is 24.3 Å². The zero-order valence-electron chi connectivity index (χ0n) is 13.1. The summed E-state index contributed by atoms with van der Waals surface area (Å²) >= 11 is 0. The van der Waals surface area contributed by atoms with Crippen molar-refractivity contribution in [2.75, 3.05) is 31.6 Å². The summed E-state index contributed by atoms with van der Waals surface area (Å²) in [7, 11) is 2.11. The van der Waals surface area contributed by atoms with Crippen molar-refractivity contribution in [1.82, 2.24) is 4.90 Å². The van der Waals surface area contributed by atoms with E-state index >= 15 is 0 Å². The van der Waals surface area contributed by atoms with Crippen LogP contribution >= 0.6 is 0 Å². The average Bonchev–Trinajstić information content (AvgIpc) is 2.53. The number of unbranched alkanes of at least 4 members (excludes halogenated alkanes) is 1. The molecule has 1 aliphatic rings. The Labute approximate surface area is 127 Å². The summed E-state index contributed by atoms with van der Waals surface area (Å²) in [6.45, 7) is 5.80. The highest BCUT2D eigenvalue weighted by Gasteiger charge is 2.22. The van der Waals surface area contributed by atoms with Crippen molar-refractivity contribution in [1.29, 1.82) is 0 Å². The SMILES string of the molecule is CCCCN1CCC(N(C)c2ccc(C(=O)O)cc2)CC1. The van der Waals surface area contributed by atoms with E-state index in [2.05, 4.69) is 23.8 Å². The van der Waals surface area contributed by atoms with Crippen molar-refractivity contribution in [3.8, 4) is 0 Å². The number of carboxylic acid groups (broad SMARTS) is 1. The Morgan fingerprint density at radius 2 is 1.90 bits per heavy atom. The van der Waals surface area contributed by atoms with Gasteiger partial charge in [0.05, 0.1) is 5.56 Å². The monoisotopic (exact) mass is 290 g/mol. The van der Waals surface area contributed by atoms with E-state index in [1.54, 1.807) is 12.1 Å². The summed E-state index contributed by atoms with van der Waals surface area (Å²) < 4.78 is 0.